The summed E-state index contributed by atoms with van der Waals surface area (Å²) < 4.78 is 0. The molecule has 0 rings (SSSR count). The van der Waals surface area contributed by atoms with Gasteiger partial charge in [0.1, 0.15) is 0 Å². The third-order valence-corrected chi connectivity index (χ3v) is 9.09. The van der Waals surface area contributed by atoms with E-state index in [9.17, 15) is 4.79 Å². The first-order valence-corrected chi connectivity index (χ1v) is 9.25. The molecule has 0 atom stereocenters. The molecule has 2 nitrogen and oxygen atoms in total. The molecule has 0 fully saturated rings. The average molecular weight is 242 g/mol. The fraction of sp³-hybridized carbons (Fsp3) is 0.769. The van der Waals surface area contributed by atoms with Crippen molar-refractivity contribution in [3.63, 3.8) is 0 Å². The standard InChI is InChI=1S/C13H26O2Si/c1-5-8-16(9-6-2,10-7-3)11-12(4)13(14)15/h4-11H2,1-3H3,(H,14,15). The van der Waals surface area contributed by atoms with Gasteiger partial charge in [-0.15, -0.1) is 0 Å². The van der Waals surface area contributed by atoms with Crippen molar-refractivity contribution >= 4 is 14.0 Å². The molecule has 0 aromatic carbocycles. The van der Waals surface area contributed by atoms with Crippen LogP contribution in [0.1, 0.15) is 40.0 Å². The van der Waals surface area contributed by atoms with Gasteiger partial charge in [-0.2, -0.15) is 0 Å². The fourth-order valence-corrected chi connectivity index (χ4v) is 8.28. The van der Waals surface area contributed by atoms with Crippen LogP contribution in [0.15, 0.2) is 12.2 Å². The van der Waals surface area contributed by atoms with Gasteiger partial charge in [0.05, 0.1) is 8.07 Å². The Bertz CT molecular complexity index is 219. The van der Waals surface area contributed by atoms with E-state index in [1.807, 2.05) is 0 Å². The average Bonchev–Trinajstić information content (AvgIpc) is 2.18. The molecule has 0 heterocycles. The van der Waals surface area contributed by atoms with E-state index in [2.05, 4.69) is 27.4 Å². The van der Waals surface area contributed by atoms with Gasteiger partial charge in [-0.05, 0) is 6.04 Å². The van der Waals surface area contributed by atoms with Gasteiger partial charge in [0.2, 0.25) is 0 Å². The molecule has 0 aliphatic rings. The van der Waals surface area contributed by atoms with E-state index < -0.39 is 14.0 Å². The Kier molecular flexibility index (Phi) is 7.39. The van der Waals surface area contributed by atoms with Crippen LogP contribution >= 0.6 is 0 Å². The largest absolute Gasteiger partial charge is 0.478 e. The van der Waals surface area contributed by atoms with Crippen LogP contribution in [0, 0.1) is 0 Å². The summed E-state index contributed by atoms with van der Waals surface area (Å²) in [6, 6.07) is 4.54. The van der Waals surface area contributed by atoms with E-state index >= 15 is 0 Å². The van der Waals surface area contributed by atoms with Crippen LogP contribution in [0.25, 0.3) is 0 Å². The molecule has 0 spiro atoms. The molecule has 3 heteroatoms. The zero-order valence-electron chi connectivity index (χ0n) is 11.0. The van der Waals surface area contributed by atoms with Crippen molar-refractivity contribution < 1.29 is 9.90 Å². The van der Waals surface area contributed by atoms with E-state index in [-0.39, 0.29) is 0 Å². The molecule has 94 valence electrons. The molecule has 0 aliphatic heterocycles. The van der Waals surface area contributed by atoms with Gasteiger partial charge in [0.15, 0.2) is 0 Å². The molecule has 0 radical (unpaired) electrons. The lowest BCUT2D eigenvalue weighted by molar-refractivity contribution is -0.132. The monoisotopic (exact) mass is 242 g/mol. The highest BCUT2D eigenvalue weighted by Gasteiger charge is 2.31. The number of aliphatic carboxylic acids is 1. The first-order chi connectivity index (χ1) is 7.51. The van der Waals surface area contributed by atoms with Crippen molar-refractivity contribution in [1.82, 2.24) is 0 Å². The molecule has 0 unspecified atom stereocenters. The van der Waals surface area contributed by atoms with E-state index in [0.717, 1.165) is 6.04 Å². The zero-order valence-corrected chi connectivity index (χ0v) is 12.0. The smallest absolute Gasteiger partial charge is 0.330 e. The molecule has 16 heavy (non-hydrogen) atoms. The maximum absolute atomic E-state index is 10.9. The number of hydrogen-bond acceptors (Lipinski definition) is 1. The van der Waals surface area contributed by atoms with Gasteiger partial charge >= 0.3 is 5.97 Å². The third kappa shape index (κ3) is 4.97. The van der Waals surface area contributed by atoms with Crippen LogP contribution in [-0.4, -0.2) is 19.1 Å². The molecule has 1 N–H and O–H groups in total. The molecule has 0 aromatic heterocycles. The molecule has 0 aliphatic carbocycles. The highest BCUT2D eigenvalue weighted by molar-refractivity contribution is 6.80. The molecule has 0 saturated carbocycles. The first-order valence-electron chi connectivity index (χ1n) is 6.42. The van der Waals surface area contributed by atoms with E-state index in [0.29, 0.717) is 5.57 Å². The Morgan fingerprint density at radius 1 is 1.06 bits per heavy atom. The molecule has 0 bridgehead atoms. The summed E-state index contributed by atoms with van der Waals surface area (Å²) in [7, 11) is -1.40. The lowest BCUT2D eigenvalue weighted by Crippen LogP contribution is -2.34. The second-order valence-electron chi connectivity index (χ2n) is 4.84. The van der Waals surface area contributed by atoms with E-state index in [1.54, 1.807) is 0 Å². The lowest BCUT2D eigenvalue weighted by Gasteiger charge is -2.31. The molecule has 0 saturated heterocycles. The summed E-state index contributed by atoms with van der Waals surface area (Å²) in [5.41, 5.74) is 0.432. The van der Waals surface area contributed by atoms with Crippen molar-refractivity contribution in [2.45, 2.75) is 64.2 Å². The fourth-order valence-electron chi connectivity index (χ4n) is 2.76. The summed E-state index contributed by atoms with van der Waals surface area (Å²) in [5.74, 6) is -0.805. The predicted octanol–water partition coefficient (Wildman–Crippen LogP) is 4.31. The zero-order chi connectivity index (χ0) is 12.6. The van der Waals surface area contributed by atoms with Crippen LogP contribution in [0.4, 0.5) is 0 Å². The van der Waals surface area contributed by atoms with Crippen molar-refractivity contribution in [2.75, 3.05) is 0 Å². The number of carbonyl (C=O) groups is 1. The summed E-state index contributed by atoms with van der Waals surface area (Å²) in [6.07, 6.45) is 3.54. The van der Waals surface area contributed by atoms with Gasteiger partial charge in [-0.1, -0.05) is 64.7 Å². The lowest BCUT2D eigenvalue weighted by atomic mass is 10.4. The highest BCUT2D eigenvalue weighted by Crippen LogP contribution is 2.32. The van der Waals surface area contributed by atoms with Crippen LogP contribution < -0.4 is 0 Å². The summed E-state index contributed by atoms with van der Waals surface area (Å²) in [5, 5.41) is 8.97. The maximum atomic E-state index is 10.9. The quantitative estimate of drug-likeness (QED) is 0.483. The maximum Gasteiger partial charge on any atom is 0.330 e. The second-order valence-corrected chi connectivity index (χ2v) is 9.69. The van der Waals surface area contributed by atoms with Crippen LogP contribution in [0.2, 0.25) is 24.2 Å². The highest BCUT2D eigenvalue weighted by atomic mass is 28.3. The number of carboxylic acids is 1. The number of hydrogen-bond donors (Lipinski definition) is 1. The number of rotatable bonds is 9. The number of carboxylic acid groups (broad SMARTS) is 1. The molecule has 0 aromatic rings. The van der Waals surface area contributed by atoms with Gasteiger partial charge < -0.3 is 5.11 Å². The molecular formula is C13H26O2Si. The Hall–Kier alpha value is -0.573. The minimum absolute atomic E-state index is 0.432. The van der Waals surface area contributed by atoms with Gasteiger partial charge in [-0.3, -0.25) is 0 Å². The Balaban J connectivity index is 4.71. The van der Waals surface area contributed by atoms with Crippen LogP contribution in [0.3, 0.4) is 0 Å². The minimum Gasteiger partial charge on any atom is -0.478 e. The Labute approximate surface area is 101 Å². The van der Waals surface area contributed by atoms with Gasteiger partial charge in [-0.25, -0.2) is 4.79 Å². The SMILES string of the molecule is C=C(C[Si](CCC)(CCC)CCC)C(=O)O. The Morgan fingerprint density at radius 2 is 1.44 bits per heavy atom. The van der Waals surface area contributed by atoms with E-state index in [4.69, 9.17) is 5.11 Å². The van der Waals surface area contributed by atoms with Gasteiger partial charge in [0, 0.05) is 5.57 Å². The van der Waals surface area contributed by atoms with Crippen LogP contribution in [-0.2, 0) is 4.79 Å². The third-order valence-electron chi connectivity index (χ3n) is 3.23. The molecular weight excluding hydrogens is 216 g/mol. The van der Waals surface area contributed by atoms with Crippen molar-refractivity contribution in [3.8, 4) is 0 Å². The topological polar surface area (TPSA) is 37.3 Å². The second kappa shape index (κ2) is 7.66. The Morgan fingerprint density at radius 3 is 1.69 bits per heavy atom. The first kappa shape index (κ1) is 15.4. The molecule has 0 amide bonds. The van der Waals surface area contributed by atoms with E-state index in [1.165, 1.54) is 37.4 Å². The van der Waals surface area contributed by atoms with Crippen molar-refractivity contribution in [1.29, 1.82) is 0 Å². The van der Waals surface area contributed by atoms with Crippen molar-refractivity contribution in [3.05, 3.63) is 12.2 Å². The van der Waals surface area contributed by atoms with Crippen LogP contribution in [0.5, 0.6) is 0 Å². The predicted molar refractivity (Wildman–Crippen MR) is 72.6 cm³/mol. The van der Waals surface area contributed by atoms with Gasteiger partial charge in [0.25, 0.3) is 0 Å². The van der Waals surface area contributed by atoms with Crippen molar-refractivity contribution in [2.24, 2.45) is 0 Å². The summed E-state index contributed by atoms with van der Waals surface area (Å²) in [6.45, 7) is 10.3. The minimum atomic E-state index is -1.40. The normalized spacial score (nSPS) is 11.4. The summed E-state index contributed by atoms with van der Waals surface area (Å²) >= 11 is 0. The summed E-state index contributed by atoms with van der Waals surface area (Å²) in [4.78, 5) is 10.9.